The standard InChI is InChI=1S/C18H24N4O5S/c1-6-27-16(23)13-14(19)20-22(17(24)18(3,4)5)15(13)21-28(25,26)12-9-7-11(2)8-10-12/h7-10,21H,6H2,1-5H3,(H2,19,20). The van der Waals surface area contributed by atoms with Crippen LogP contribution >= 0.6 is 0 Å². The molecule has 0 radical (unpaired) electrons. The summed E-state index contributed by atoms with van der Waals surface area (Å²) in [6.07, 6.45) is 0. The molecule has 0 aliphatic rings. The topological polar surface area (TPSA) is 133 Å². The predicted molar refractivity (Wildman–Crippen MR) is 105 cm³/mol. The summed E-state index contributed by atoms with van der Waals surface area (Å²) >= 11 is 0. The van der Waals surface area contributed by atoms with Gasteiger partial charge in [0.15, 0.2) is 11.6 Å². The number of anilines is 2. The van der Waals surface area contributed by atoms with Crippen molar-refractivity contribution in [3.05, 3.63) is 35.4 Å². The van der Waals surface area contributed by atoms with Gasteiger partial charge in [0.05, 0.1) is 11.5 Å². The quantitative estimate of drug-likeness (QED) is 0.726. The third-order valence-corrected chi connectivity index (χ3v) is 5.14. The molecule has 1 heterocycles. The van der Waals surface area contributed by atoms with Crippen LogP contribution in [0.25, 0.3) is 0 Å². The van der Waals surface area contributed by atoms with Crippen LogP contribution < -0.4 is 10.5 Å². The number of carbonyl (C=O) groups excluding carboxylic acids is 2. The van der Waals surface area contributed by atoms with Gasteiger partial charge >= 0.3 is 5.97 Å². The summed E-state index contributed by atoms with van der Waals surface area (Å²) in [4.78, 5) is 25.1. The Morgan fingerprint density at radius 1 is 1.21 bits per heavy atom. The molecule has 1 aromatic carbocycles. The van der Waals surface area contributed by atoms with Gasteiger partial charge in [-0.05, 0) is 26.0 Å². The molecule has 10 heteroatoms. The van der Waals surface area contributed by atoms with Crippen molar-refractivity contribution >= 4 is 33.5 Å². The zero-order valence-electron chi connectivity index (χ0n) is 16.4. The third-order valence-electron chi connectivity index (χ3n) is 3.79. The molecule has 0 spiro atoms. The molecule has 0 bridgehead atoms. The fraction of sp³-hybridized carbons (Fsp3) is 0.389. The number of rotatable bonds is 5. The molecule has 0 fully saturated rings. The Morgan fingerprint density at radius 3 is 2.29 bits per heavy atom. The number of nitrogens with one attached hydrogen (secondary N) is 1. The largest absolute Gasteiger partial charge is 0.462 e. The molecule has 3 N–H and O–H groups in total. The van der Waals surface area contributed by atoms with E-state index in [0.717, 1.165) is 10.2 Å². The zero-order valence-corrected chi connectivity index (χ0v) is 17.3. The molecule has 0 saturated carbocycles. The monoisotopic (exact) mass is 408 g/mol. The maximum atomic E-state index is 12.8. The first kappa shape index (κ1) is 21.4. The van der Waals surface area contributed by atoms with Crippen molar-refractivity contribution in [3.63, 3.8) is 0 Å². The second kappa shape index (κ2) is 7.63. The van der Waals surface area contributed by atoms with Crippen LogP contribution in [0.2, 0.25) is 0 Å². The van der Waals surface area contributed by atoms with E-state index in [1.54, 1.807) is 39.8 Å². The van der Waals surface area contributed by atoms with Crippen molar-refractivity contribution in [2.45, 2.75) is 39.5 Å². The summed E-state index contributed by atoms with van der Waals surface area (Å²) in [5.74, 6) is -2.08. The van der Waals surface area contributed by atoms with Gasteiger partial charge in [0, 0.05) is 5.41 Å². The normalized spacial score (nSPS) is 11.9. The minimum absolute atomic E-state index is 0.0394. The van der Waals surface area contributed by atoms with E-state index in [9.17, 15) is 18.0 Å². The molecular weight excluding hydrogens is 384 g/mol. The highest BCUT2D eigenvalue weighted by atomic mass is 32.2. The second-order valence-electron chi connectivity index (χ2n) is 7.21. The first-order valence-corrected chi connectivity index (χ1v) is 10.1. The van der Waals surface area contributed by atoms with Crippen LogP contribution in [-0.2, 0) is 14.8 Å². The molecule has 0 unspecified atom stereocenters. The molecule has 0 aliphatic carbocycles. The summed E-state index contributed by atoms with van der Waals surface area (Å²) in [7, 11) is -4.12. The number of hydrogen-bond acceptors (Lipinski definition) is 7. The first-order valence-electron chi connectivity index (χ1n) is 8.58. The molecule has 2 rings (SSSR count). The van der Waals surface area contributed by atoms with Gasteiger partial charge in [-0.3, -0.25) is 9.52 Å². The van der Waals surface area contributed by atoms with Crippen molar-refractivity contribution < 1.29 is 22.7 Å². The Morgan fingerprint density at radius 2 is 1.79 bits per heavy atom. The van der Waals surface area contributed by atoms with Crippen LogP contribution in [-0.4, -0.2) is 36.7 Å². The smallest absolute Gasteiger partial charge is 0.345 e. The van der Waals surface area contributed by atoms with Gasteiger partial charge in [-0.25, -0.2) is 13.2 Å². The third kappa shape index (κ3) is 4.33. The number of esters is 1. The molecule has 1 aromatic heterocycles. The van der Waals surface area contributed by atoms with Crippen LogP contribution in [0.15, 0.2) is 29.2 Å². The number of nitrogens with zero attached hydrogens (tertiary/aromatic N) is 2. The molecule has 2 aromatic rings. The highest BCUT2D eigenvalue weighted by Crippen LogP contribution is 2.29. The number of sulfonamides is 1. The van der Waals surface area contributed by atoms with Crippen molar-refractivity contribution in [1.29, 1.82) is 0 Å². The van der Waals surface area contributed by atoms with Crippen molar-refractivity contribution in [3.8, 4) is 0 Å². The number of carbonyl (C=O) groups is 2. The maximum absolute atomic E-state index is 12.8. The molecule has 28 heavy (non-hydrogen) atoms. The Kier molecular flexibility index (Phi) is 5.83. The summed E-state index contributed by atoms with van der Waals surface area (Å²) in [6, 6.07) is 6.09. The van der Waals surface area contributed by atoms with Gasteiger partial charge in [0.25, 0.3) is 15.9 Å². The number of hydrogen-bond donors (Lipinski definition) is 2. The van der Waals surface area contributed by atoms with Gasteiger partial charge in [-0.1, -0.05) is 38.5 Å². The second-order valence-corrected chi connectivity index (χ2v) is 8.90. The summed E-state index contributed by atoms with van der Waals surface area (Å²) < 4.78 is 33.7. The zero-order chi connectivity index (χ0) is 21.3. The van der Waals surface area contributed by atoms with E-state index in [0.29, 0.717) is 0 Å². The minimum atomic E-state index is -4.12. The van der Waals surface area contributed by atoms with E-state index in [4.69, 9.17) is 10.5 Å². The summed E-state index contributed by atoms with van der Waals surface area (Å²) in [6.45, 7) is 8.36. The maximum Gasteiger partial charge on any atom is 0.345 e. The Balaban J connectivity index is 2.63. The first-order chi connectivity index (χ1) is 12.9. The van der Waals surface area contributed by atoms with Crippen LogP contribution in [0.3, 0.4) is 0 Å². The predicted octanol–water partition coefficient (Wildman–Crippen LogP) is 2.44. The molecule has 0 amide bonds. The SMILES string of the molecule is CCOC(=O)c1c(N)nn(C(=O)C(C)(C)C)c1NS(=O)(=O)c1ccc(C)cc1. The van der Waals surface area contributed by atoms with Gasteiger partial charge in [0.1, 0.15) is 5.56 Å². The molecular formula is C18H24N4O5S. The van der Waals surface area contributed by atoms with Crippen LogP contribution in [0, 0.1) is 12.3 Å². The molecule has 0 saturated heterocycles. The van der Waals surface area contributed by atoms with E-state index in [1.807, 2.05) is 6.92 Å². The van der Waals surface area contributed by atoms with Gasteiger partial charge < -0.3 is 10.5 Å². The number of nitrogen functional groups attached to an aromatic ring is 1. The average Bonchev–Trinajstić information content (AvgIpc) is 2.89. The fourth-order valence-corrected chi connectivity index (χ4v) is 3.36. The molecule has 152 valence electrons. The molecule has 0 atom stereocenters. The van der Waals surface area contributed by atoms with Crippen molar-refractivity contribution in [2.24, 2.45) is 5.41 Å². The lowest BCUT2D eigenvalue weighted by atomic mass is 9.96. The van der Waals surface area contributed by atoms with E-state index in [-0.39, 0.29) is 28.7 Å². The Labute approximate surface area is 163 Å². The van der Waals surface area contributed by atoms with Crippen molar-refractivity contribution in [2.75, 3.05) is 17.1 Å². The molecule has 0 aliphatic heterocycles. The van der Waals surface area contributed by atoms with Crippen LogP contribution in [0.4, 0.5) is 11.6 Å². The number of benzene rings is 1. The van der Waals surface area contributed by atoms with E-state index >= 15 is 0 Å². The minimum Gasteiger partial charge on any atom is -0.462 e. The van der Waals surface area contributed by atoms with E-state index in [2.05, 4.69) is 9.82 Å². The van der Waals surface area contributed by atoms with Crippen molar-refractivity contribution in [1.82, 2.24) is 9.78 Å². The van der Waals surface area contributed by atoms with Crippen LogP contribution in [0.5, 0.6) is 0 Å². The molecule has 9 nitrogen and oxygen atoms in total. The van der Waals surface area contributed by atoms with E-state index in [1.165, 1.54) is 12.1 Å². The lowest BCUT2D eigenvalue weighted by Gasteiger charge is -2.18. The number of aryl methyl sites for hydroxylation is 1. The lowest BCUT2D eigenvalue weighted by Crippen LogP contribution is -2.30. The van der Waals surface area contributed by atoms with E-state index < -0.39 is 27.3 Å². The number of nitrogens with two attached hydrogens (primary N) is 1. The highest BCUT2D eigenvalue weighted by Gasteiger charge is 2.33. The highest BCUT2D eigenvalue weighted by molar-refractivity contribution is 7.92. The Hall–Kier alpha value is -2.88. The fourth-order valence-electron chi connectivity index (χ4n) is 2.30. The Bertz CT molecular complexity index is 1000. The van der Waals surface area contributed by atoms with Gasteiger partial charge in [-0.15, -0.1) is 5.10 Å². The van der Waals surface area contributed by atoms with Gasteiger partial charge in [0.2, 0.25) is 0 Å². The number of aromatic nitrogens is 2. The average molecular weight is 408 g/mol. The van der Waals surface area contributed by atoms with Gasteiger partial charge in [-0.2, -0.15) is 4.68 Å². The summed E-state index contributed by atoms with van der Waals surface area (Å²) in [5, 5.41) is 3.89. The lowest BCUT2D eigenvalue weighted by molar-refractivity contribution is 0.0529. The summed E-state index contributed by atoms with van der Waals surface area (Å²) in [5.41, 5.74) is 5.47. The number of ether oxygens (including phenoxy) is 1. The van der Waals surface area contributed by atoms with Crippen LogP contribution in [0.1, 0.15) is 48.4 Å².